The molecule has 31 heavy (non-hydrogen) atoms. The minimum absolute atomic E-state index is 0.0547. The number of H-pyrrole nitrogens is 2. The molecular formula is C23H19N3O5. The summed E-state index contributed by atoms with van der Waals surface area (Å²) in [6, 6.07) is 9.66. The van der Waals surface area contributed by atoms with Crippen LogP contribution < -0.4 is 11.0 Å². The van der Waals surface area contributed by atoms with Crippen molar-refractivity contribution in [3.63, 3.8) is 0 Å². The smallest absolute Gasteiger partial charge is 0.274 e. The maximum atomic E-state index is 13.1. The van der Waals surface area contributed by atoms with Gasteiger partial charge in [-0.15, -0.1) is 0 Å². The number of phenols is 2. The first-order valence-electron chi connectivity index (χ1n) is 10.3. The Morgan fingerprint density at radius 3 is 2.61 bits per heavy atom. The highest BCUT2D eigenvalue weighted by atomic mass is 16.4. The molecule has 0 saturated heterocycles. The normalized spacial score (nSPS) is 15.0. The number of nitrogens with zero attached hydrogens (tertiary/aromatic N) is 1. The Hall–Kier alpha value is -3.94. The van der Waals surface area contributed by atoms with Gasteiger partial charge >= 0.3 is 0 Å². The minimum atomic E-state index is -0.539. The van der Waals surface area contributed by atoms with Crippen LogP contribution in [0.1, 0.15) is 31.7 Å². The summed E-state index contributed by atoms with van der Waals surface area (Å²) in [5.41, 5.74) is 1.88. The van der Waals surface area contributed by atoms with Gasteiger partial charge in [-0.2, -0.15) is 0 Å². The van der Waals surface area contributed by atoms with Gasteiger partial charge in [0.2, 0.25) is 11.2 Å². The first-order valence-corrected chi connectivity index (χ1v) is 10.3. The van der Waals surface area contributed by atoms with Crippen LogP contribution in [-0.2, 0) is 0 Å². The summed E-state index contributed by atoms with van der Waals surface area (Å²) >= 11 is 0. The van der Waals surface area contributed by atoms with Gasteiger partial charge in [0.15, 0.2) is 11.2 Å². The van der Waals surface area contributed by atoms with Crippen molar-refractivity contribution in [2.24, 2.45) is 0 Å². The average Bonchev–Trinajstić information content (AvgIpc) is 3.47. The van der Waals surface area contributed by atoms with Crippen LogP contribution in [-0.4, -0.2) is 25.0 Å². The maximum Gasteiger partial charge on any atom is 0.274 e. The van der Waals surface area contributed by atoms with Gasteiger partial charge in [0.1, 0.15) is 11.4 Å². The summed E-state index contributed by atoms with van der Waals surface area (Å²) in [7, 11) is 0. The third-order valence-electron chi connectivity index (χ3n) is 6.27. The lowest BCUT2D eigenvalue weighted by atomic mass is 10.0. The Labute approximate surface area is 174 Å². The zero-order chi connectivity index (χ0) is 21.3. The van der Waals surface area contributed by atoms with Crippen LogP contribution in [0.15, 0.2) is 50.4 Å². The fourth-order valence-corrected chi connectivity index (χ4v) is 4.84. The second kappa shape index (κ2) is 6.28. The molecule has 2 aromatic carbocycles. The molecule has 0 spiro atoms. The number of aromatic nitrogens is 3. The van der Waals surface area contributed by atoms with Crippen LogP contribution in [0.4, 0.5) is 0 Å². The van der Waals surface area contributed by atoms with E-state index in [1.54, 1.807) is 30.3 Å². The number of rotatable bonds is 2. The van der Waals surface area contributed by atoms with Crippen molar-refractivity contribution < 1.29 is 14.6 Å². The maximum absolute atomic E-state index is 13.1. The summed E-state index contributed by atoms with van der Waals surface area (Å²) in [6.45, 7) is 0. The lowest BCUT2D eigenvalue weighted by molar-refractivity contribution is 0.464. The van der Waals surface area contributed by atoms with E-state index in [2.05, 4.69) is 10.1 Å². The lowest BCUT2D eigenvalue weighted by Crippen LogP contribution is -2.10. The Morgan fingerprint density at radius 1 is 1.03 bits per heavy atom. The highest BCUT2D eigenvalue weighted by Crippen LogP contribution is 2.41. The van der Waals surface area contributed by atoms with Gasteiger partial charge in [0.05, 0.1) is 16.9 Å². The Bertz CT molecular complexity index is 1610. The second-order valence-corrected chi connectivity index (χ2v) is 8.12. The number of phenolic OH excluding ortho intramolecular Hbond substituents is 2. The van der Waals surface area contributed by atoms with Crippen molar-refractivity contribution in [2.75, 3.05) is 0 Å². The molecular weight excluding hydrogens is 398 g/mol. The number of aromatic amines is 2. The third-order valence-corrected chi connectivity index (χ3v) is 6.27. The number of hydrogen-bond donors (Lipinski definition) is 4. The molecule has 0 aliphatic heterocycles. The molecule has 1 aliphatic carbocycles. The van der Waals surface area contributed by atoms with Gasteiger partial charge < -0.3 is 19.6 Å². The van der Waals surface area contributed by atoms with Gasteiger partial charge in [0.25, 0.3) is 5.56 Å². The fourth-order valence-electron chi connectivity index (χ4n) is 4.84. The van der Waals surface area contributed by atoms with E-state index in [1.165, 1.54) is 6.07 Å². The zero-order valence-corrected chi connectivity index (χ0v) is 16.4. The number of fused-ring (bicyclic) bond motifs is 4. The molecule has 0 bridgehead atoms. The molecule has 5 aromatic rings. The van der Waals surface area contributed by atoms with E-state index in [-0.39, 0.29) is 22.9 Å². The van der Waals surface area contributed by atoms with Crippen molar-refractivity contribution in [2.45, 2.75) is 31.7 Å². The highest BCUT2D eigenvalue weighted by molar-refractivity contribution is 6.15. The number of nitrogens with one attached hydrogen (secondary N) is 2. The van der Waals surface area contributed by atoms with Crippen molar-refractivity contribution in [1.82, 2.24) is 14.8 Å². The molecule has 0 radical (unpaired) electrons. The van der Waals surface area contributed by atoms with Crippen molar-refractivity contribution in [3.05, 3.63) is 57.0 Å². The summed E-state index contributed by atoms with van der Waals surface area (Å²) in [5, 5.41) is 24.3. The molecule has 3 aromatic heterocycles. The summed E-state index contributed by atoms with van der Waals surface area (Å²) in [5.74, 6) is -0.416. The van der Waals surface area contributed by atoms with Crippen LogP contribution in [0.3, 0.4) is 0 Å². The molecule has 6 rings (SSSR count). The molecule has 8 heteroatoms. The van der Waals surface area contributed by atoms with Crippen molar-refractivity contribution >= 4 is 33.1 Å². The van der Waals surface area contributed by atoms with E-state index in [0.717, 1.165) is 25.7 Å². The van der Waals surface area contributed by atoms with E-state index in [9.17, 15) is 19.8 Å². The fraction of sp³-hybridized carbons (Fsp3) is 0.217. The van der Waals surface area contributed by atoms with Crippen LogP contribution in [0.25, 0.3) is 44.2 Å². The predicted octanol–water partition coefficient (Wildman–Crippen LogP) is 4.11. The molecule has 156 valence electrons. The largest absolute Gasteiger partial charge is 0.508 e. The summed E-state index contributed by atoms with van der Waals surface area (Å²) < 4.78 is 7.85. The second-order valence-electron chi connectivity index (χ2n) is 8.12. The predicted molar refractivity (Wildman–Crippen MR) is 117 cm³/mol. The quantitative estimate of drug-likeness (QED) is 0.344. The van der Waals surface area contributed by atoms with E-state index in [4.69, 9.17) is 4.42 Å². The molecule has 0 unspecified atom stereocenters. The van der Waals surface area contributed by atoms with Crippen molar-refractivity contribution in [3.8, 4) is 22.6 Å². The van der Waals surface area contributed by atoms with E-state index >= 15 is 0 Å². The van der Waals surface area contributed by atoms with Crippen molar-refractivity contribution in [1.29, 1.82) is 0 Å². The number of benzene rings is 2. The van der Waals surface area contributed by atoms with Gasteiger partial charge in [-0.3, -0.25) is 19.4 Å². The van der Waals surface area contributed by atoms with Gasteiger partial charge in [-0.1, -0.05) is 25.0 Å². The minimum Gasteiger partial charge on any atom is -0.508 e. The molecule has 0 atom stereocenters. The number of furan rings is 1. The van der Waals surface area contributed by atoms with Crippen LogP contribution >= 0.6 is 0 Å². The van der Waals surface area contributed by atoms with Gasteiger partial charge in [-0.25, -0.2) is 0 Å². The molecule has 1 fully saturated rings. The Morgan fingerprint density at radius 2 is 1.84 bits per heavy atom. The van der Waals surface area contributed by atoms with E-state index < -0.39 is 11.2 Å². The Kier molecular flexibility index (Phi) is 3.62. The standard InChI is InChI=1S/C23H19N3O5/c27-13-7-3-4-11(10-13)16-17-22(26(25-23(17)30)12-5-1-2-6-12)24-18-14-8-9-15(28)19(29)20(14)31-21(16)18/h3-4,7-10,12,24,27,29H,1-2,5-6H2,(H,25,30). The zero-order valence-electron chi connectivity index (χ0n) is 16.4. The summed E-state index contributed by atoms with van der Waals surface area (Å²) in [6.07, 6.45) is 4.14. The monoisotopic (exact) mass is 417 g/mol. The molecule has 4 N–H and O–H groups in total. The topological polar surface area (TPSA) is 124 Å². The highest BCUT2D eigenvalue weighted by Gasteiger charge is 2.26. The number of pyridine rings is 1. The third kappa shape index (κ3) is 2.48. The molecule has 1 saturated carbocycles. The van der Waals surface area contributed by atoms with Crippen LogP contribution in [0.2, 0.25) is 0 Å². The number of hydrogen-bond acceptors (Lipinski definition) is 5. The lowest BCUT2D eigenvalue weighted by Gasteiger charge is -2.13. The van der Waals surface area contributed by atoms with Gasteiger partial charge in [0, 0.05) is 10.9 Å². The molecule has 8 nitrogen and oxygen atoms in total. The first-order chi connectivity index (χ1) is 15.0. The van der Waals surface area contributed by atoms with Crippen LogP contribution in [0, 0.1) is 0 Å². The average molecular weight is 417 g/mol. The molecule has 3 heterocycles. The SMILES string of the molecule is O=c1ccc2c(oc3c(-c4cccc(O)c4)c4c(=O)[nH]n(C5CCCC5)c4[nH]c32)c1O. The van der Waals surface area contributed by atoms with E-state index in [1.807, 2.05) is 4.68 Å². The molecule has 1 aliphatic rings. The van der Waals surface area contributed by atoms with Crippen LogP contribution in [0.5, 0.6) is 11.5 Å². The first kappa shape index (κ1) is 17.9. The summed E-state index contributed by atoms with van der Waals surface area (Å²) in [4.78, 5) is 28.4. The number of aromatic hydroxyl groups is 2. The molecule has 0 amide bonds. The van der Waals surface area contributed by atoms with E-state index in [0.29, 0.717) is 38.6 Å². The Balaban J connectivity index is 1.83. The van der Waals surface area contributed by atoms with Gasteiger partial charge in [-0.05, 0) is 42.7 Å².